The topological polar surface area (TPSA) is 75.7 Å². The van der Waals surface area contributed by atoms with Crippen molar-refractivity contribution in [3.05, 3.63) is 59.7 Å². The van der Waals surface area contributed by atoms with Crippen LogP contribution in [0.4, 0.5) is 18.9 Å². The molecule has 0 atom stereocenters. The largest absolute Gasteiger partial charge is 0.492 e. The summed E-state index contributed by atoms with van der Waals surface area (Å²) in [5.74, 6) is 0.340. The first-order valence-electron chi connectivity index (χ1n) is 9.58. The lowest BCUT2D eigenvalue weighted by Gasteiger charge is -2.25. The molecule has 1 N–H and O–H groups in total. The average molecular weight is 459 g/mol. The van der Waals surface area contributed by atoms with Crippen LogP contribution < -0.4 is 14.4 Å². The minimum atomic E-state index is -4.70. The molecule has 6 nitrogen and oxygen atoms in total. The zero-order valence-electron chi connectivity index (χ0n) is 17.3. The predicted molar refractivity (Wildman–Crippen MR) is 113 cm³/mol. The number of benzene rings is 2. The Bertz CT molecular complexity index is 994. The SMILES string of the molecule is Cc1cccc(OCCNC(=O)CCCN(c2ccccc2C(F)(F)F)S(C)(=O)=O)c1. The van der Waals surface area contributed by atoms with Crippen molar-refractivity contribution < 1.29 is 31.1 Å². The van der Waals surface area contributed by atoms with E-state index in [0.29, 0.717) is 10.1 Å². The molecule has 0 saturated heterocycles. The number of para-hydroxylation sites is 1. The molecule has 0 heterocycles. The van der Waals surface area contributed by atoms with Crippen LogP contribution in [0.5, 0.6) is 5.75 Å². The summed E-state index contributed by atoms with van der Waals surface area (Å²) in [5.41, 5.74) is -0.452. The summed E-state index contributed by atoms with van der Waals surface area (Å²) in [7, 11) is -3.97. The van der Waals surface area contributed by atoms with Crippen LogP contribution in [0.2, 0.25) is 0 Å². The lowest BCUT2D eigenvalue weighted by atomic mass is 10.1. The monoisotopic (exact) mass is 458 g/mol. The molecule has 0 bridgehead atoms. The smallest absolute Gasteiger partial charge is 0.418 e. The molecule has 170 valence electrons. The zero-order valence-corrected chi connectivity index (χ0v) is 18.1. The van der Waals surface area contributed by atoms with Crippen molar-refractivity contribution in [1.82, 2.24) is 5.32 Å². The number of aryl methyl sites for hydroxylation is 1. The second kappa shape index (κ2) is 10.5. The molecule has 0 unspecified atom stereocenters. The number of carbonyl (C=O) groups is 1. The van der Waals surface area contributed by atoms with Gasteiger partial charge in [-0.1, -0.05) is 24.3 Å². The number of halogens is 3. The van der Waals surface area contributed by atoms with E-state index < -0.39 is 27.5 Å². The number of hydrogen-bond acceptors (Lipinski definition) is 4. The molecule has 0 aliphatic heterocycles. The van der Waals surface area contributed by atoms with Crippen LogP contribution in [-0.4, -0.2) is 40.3 Å². The summed E-state index contributed by atoms with van der Waals surface area (Å²) in [6, 6.07) is 11.9. The Morgan fingerprint density at radius 3 is 2.48 bits per heavy atom. The number of carbonyl (C=O) groups excluding carboxylic acids is 1. The van der Waals surface area contributed by atoms with Gasteiger partial charge >= 0.3 is 6.18 Å². The number of rotatable bonds is 10. The first-order valence-corrected chi connectivity index (χ1v) is 11.4. The van der Waals surface area contributed by atoms with Crippen molar-refractivity contribution in [2.24, 2.45) is 0 Å². The Hall–Kier alpha value is -2.75. The second-order valence-corrected chi connectivity index (χ2v) is 8.88. The molecular weight excluding hydrogens is 433 g/mol. The molecule has 0 fully saturated rings. The lowest BCUT2D eigenvalue weighted by Crippen LogP contribution is -2.34. The van der Waals surface area contributed by atoms with E-state index in [4.69, 9.17) is 4.74 Å². The third-order valence-electron chi connectivity index (χ3n) is 4.33. The summed E-state index contributed by atoms with van der Waals surface area (Å²) >= 11 is 0. The third kappa shape index (κ3) is 7.78. The van der Waals surface area contributed by atoms with E-state index in [1.54, 1.807) is 6.07 Å². The number of alkyl halides is 3. The maximum Gasteiger partial charge on any atom is 0.418 e. The van der Waals surface area contributed by atoms with E-state index >= 15 is 0 Å². The Morgan fingerprint density at radius 2 is 1.84 bits per heavy atom. The summed E-state index contributed by atoms with van der Waals surface area (Å²) in [6.07, 6.45) is -3.84. The molecule has 0 radical (unpaired) electrons. The number of anilines is 1. The van der Waals surface area contributed by atoms with E-state index in [1.807, 2.05) is 25.1 Å². The van der Waals surface area contributed by atoms with Gasteiger partial charge in [0.1, 0.15) is 12.4 Å². The molecule has 0 spiro atoms. The molecule has 2 aromatic carbocycles. The Kier molecular flexibility index (Phi) is 8.32. The van der Waals surface area contributed by atoms with Crippen LogP contribution in [0.1, 0.15) is 24.0 Å². The zero-order chi connectivity index (χ0) is 23.1. The molecule has 2 rings (SSSR count). The average Bonchev–Trinajstić information content (AvgIpc) is 2.67. The highest BCUT2D eigenvalue weighted by molar-refractivity contribution is 7.92. The van der Waals surface area contributed by atoms with Crippen molar-refractivity contribution >= 4 is 21.6 Å². The highest BCUT2D eigenvalue weighted by Crippen LogP contribution is 2.37. The van der Waals surface area contributed by atoms with Crippen molar-refractivity contribution in [3.63, 3.8) is 0 Å². The quantitative estimate of drug-likeness (QED) is 0.550. The van der Waals surface area contributed by atoms with Crippen LogP contribution >= 0.6 is 0 Å². The van der Waals surface area contributed by atoms with E-state index in [9.17, 15) is 26.4 Å². The van der Waals surface area contributed by atoms with Gasteiger partial charge in [-0.2, -0.15) is 13.2 Å². The van der Waals surface area contributed by atoms with Gasteiger partial charge in [-0.25, -0.2) is 8.42 Å². The minimum Gasteiger partial charge on any atom is -0.492 e. The van der Waals surface area contributed by atoms with Gasteiger partial charge in [-0.05, 0) is 43.2 Å². The molecule has 0 aromatic heterocycles. The van der Waals surface area contributed by atoms with Crippen molar-refractivity contribution in [1.29, 1.82) is 0 Å². The Balaban J connectivity index is 1.87. The van der Waals surface area contributed by atoms with Crippen molar-refractivity contribution in [3.8, 4) is 5.75 Å². The summed E-state index contributed by atoms with van der Waals surface area (Å²) in [5, 5.41) is 2.64. The van der Waals surface area contributed by atoms with Crippen molar-refractivity contribution in [2.75, 3.05) is 30.3 Å². The summed E-state index contributed by atoms with van der Waals surface area (Å²) in [4.78, 5) is 12.0. The fraction of sp³-hybridized carbons (Fsp3) is 0.381. The molecule has 2 aromatic rings. The molecule has 0 aliphatic rings. The van der Waals surface area contributed by atoms with Gasteiger partial charge in [0.15, 0.2) is 0 Å². The highest BCUT2D eigenvalue weighted by atomic mass is 32.2. The third-order valence-corrected chi connectivity index (χ3v) is 5.51. The molecule has 31 heavy (non-hydrogen) atoms. The summed E-state index contributed by atoms with van der Waals surface area (Å²) in [6.45, 7) is 2.18. The fourth-order valence-electron chi connectivity index (χ4n) is 2.93. The van der Waals surface area contributed by atoms with Crippen LogP contribution in [0.15, 0.2) is 48.5 Å². The van der Waals surface area contributed by atoms with Gasteiger partial charge in [0, 0.05) is 13.0 Å². The van der Waals surface area contributed by atoms with Gasteiger partial charge in [0.2, 0.25) is 15.9 Å². The Labute approximate surface area is 180 Å². The molecule has 0 saturated carbocycles. The number of amides is 1. The van der Waals surface area contributed by atoms with Crippen LogP contribution in [-0.2, 0) is 21.0 Å². The minimum absolute atomic E-state index is 0.0371. The van der Waals surface area contributed by atoms with Crippen LogP contribution in [0.25, 0.3) is 0 Å². The Morgan fingerprint density at radius 1 is 1.13 bits per heavy atom. The van der Waals surface area contributed by atoms with E-state index in [0.717, 1.165) is 24.0 Å². The first-order chi connectivity index (χ1) is 14.5. The van der Waals surface area contributed by atoms with E-state index in [1.165, 1.54) is 12.1 Å². The molecule has 10 heteroatoms. The standard InChI is InChI=1S/C21H25F3N2O4S/c1-16-7-5-8-17(15-16)30-14-12-25-20(27)11-6-13-26(31(2,28)29)19-10-4-3-9-18(19)21(22,23)24/h3-5,7-10,15H,6,11-14H2,1-2H3,(H,25,27). The normalized spacial score (nSPS) is 11.8. The molecule has 1 amide bonds. The number of hydrogen-bond donors (Lipinski definition) is 1. The number of nitrogens with zero attached hydrogens (tertiary/aromatic N) is 1. The first kappa shape index (κ1) is 24.5. The van der Waals surface area contributed by atoms with Gasteiger partial charge in [0.25, 0.3) is 0 Å². The summed E-state index contributed by atoms with van der Waals surface area (Å²) < 4.78 is 70.2. The number of nitrogens with one attached hydrogen (secondary N) is 1. The van der Waals surface area contributed by atoms with Gasteiger partial charge < -0.3 is 10.1 Å². The second-order valence-electron chi connectivity index (χ2n) is 6.97. The predicted octanol–water partition coefficient (Wildman–Crippen LogP) is 3.76. The van der Waals surface area contributed by atoms with E-state index in [2.05, 4.69) is 5.32 Å². The lowest BCUT2D eigenvalue weighted by molar-refractivity contribution is -0.137. The van der Waals surface area contributed by atoms with Crippen LogP contribution in [0, 0.1) is 6.92 Å². The molecule has 0 aliphatic carbocycles. The van der Waals surface area contributed by atoms with Gasteiger partial charge in [-0.3, -0.25) is 9.10 Å². The fourth-order valence-corrected chi connectivity index (χ4v) is 3.91. The van der Waals surface area contributed by atoms with E-state index in [-0.39, 0.29) is 38.4 Å². The highest BCUT2D eigenvalue weighted by Gasteiger charge is 2.36. The number of ether oxygens (including phenoxy) is 1. The maximum atomic E-state index is 13.3. The van der Waals surface area contributed by atoms with Gasteiger partial charge in [0.05, 0.1) is 24.1 Å². The van der Waals surface area contributed by atoms with Crippen molar-refractivity contribution in [2.45, 2.75) is 25.9 Å². The molecular formula is C21H25F3N2O4S. The number of sulfonamides is 1. The van der Waals surface area contributed by atoms with Gasteiger partial charge in [-0.15, -0.1) is 0 Å². The van der Waals surface area contributed by atoms with Crippen LogP contribution in [0.3, 0.4) is 0 Å². The maximum absolute atomic E-state index is 13.3.